The highest BCUT2D eigenvalue weighted by molar-refractivity contribution is 6.04. The van der Waals surface area contributed by atoms with Crippen LogP contribution >= 0.6 is 0 Å². The van der Waals surface area contributed by atoms with Gasteiger partial charge in [0.05, 0.1) is 23.0 Å². The molecule has 25 heavy (non-hydrogen) atoms. The Morgan fingerprint density at radius 2 is 2.08 bits per heavy atom. The van der Waals surface area contributed by atoms with Crippen LogP contribution in [0.3, 0.4) is 0 Å². The minimum absolute atomic E-state index is 0.0550. The summed E-state index contributed by atoms with van der Waals surface area (Å²) in [6.07, 6.45) is 1.92. The van der Waals surface area contributed by atoms with Crippen molar-refractivity contribution in [2.75, 3.05) is 5.32 Å². The lowest BCUT2D eigenvalue weighted by atomic mass is 10.1. The normalized spacial score (nSPS) is 13.8. The molecule has 0 saturated heterocycles. The number of aryl methyl sites for hydroxylation is 1. The molecule has 2 aromatic rings. The van der Waals surface area contributed by atoms with Gasteiger partial charge in [0.2, 0.25) is 5.76 Å². The number of aromatic nitrogens is 1. The lowest BCUT2D eigenvalue weighted by Gasteiger charge is -2.15. The summed E-state index contributed by atoms with van der Waals surface area (Å²) in [6, 6.07) is 4.33. The van der Waals surface area contributed by atoms with Crippen LogP contribution in [0.15, 0.2) is 22.6 Å². The first-order chi connectivity index (χ1) is 11.8. The lowest BCUT2D eigenvalue weighted by molar-refractivity contribution is 0.0696. The zero-order chi connectivity index (χ0) is 18.1. The van der Waals surface area contributed by atoms with E-state index in [0.29, 0.717) is 23.3 Å². The number of oxazole rings is 1. The summed E-state index contributed by atoms with van der Waals surface area (Å²) in [7, 11) is 0. The molecule has 0 radical (unpaired) electrons. The monoisotopic (exact) mass is 344 g/mol. The van der Waals surface area contributed by atoms with E-state index in [1.807, 2.05) is 13.8 Å². The van der Waals surface area contributed by atoms with E-state index in [-0.39, 0.29) is 23.1 Å². The molecule has 1 heterocycles. The van der Waals surface area contributed by atoms with Crippen LogP contribution in [-0.2, 0) is 0 Å². The van der Waals surface area contributed by atoms with Crippen molar-refractivity contribution < 1.29 is 23.8 Å². The van der Waals surface area contributed by atoms with Crippen LogP contribution in [0, 0.1) is 6.92 Å². The molecular formula is C18H20N2O5. The van der Waals surface area contributed by atoms with Crippen LogP contribution in [0.25, 0.3) is 0 Å². The average molecular weight is 344 g/mol. The number of rotatable bonds is 6. The quantitative estimate of drug-likeness (QED) is 0.830. The molecular weight excluding hydrogens is 324 g/mol. The molecule has 0 aliphatic heterocycles. The Balaban J connectivity index is 1.88. The number of benzene rings is 1. The number of nitrogens with zero attached hydrogens (tertiary/aromatic N) is 1. The lowest BCUT2D eigenvalue weighted by Crippen LogP contribution is -2.15. The van der Waals surface area contributed by atoms with Gasteiger partial charge in [0.25, 0.3) is 5.91 Å². The maximum atomic E-state index is 12.6. The number of aromatic carboxylic acids is 1. The number of carboxylic acids is 1. The van der Waals surface area contributed by atoms with Gasteiger partial charge in [0.1, 0.15) is 5.75 Å². The minimum Gasteiger partial charge on any atom is -0.489 e. The Bertz CT molecular complexity index is 821. The highest BCUT2D eigenvalue weighted by Crippen LogP contribution is 2.40. The van der Waals surface area contributed by atoms with E-state index in [2.05, 4.69) is 10.3 Å². The third kappa shape index (κ3) is 3.81. The smallest absolute Gasteiger partial charge is 0.335 e. The van der Waals surface area contributed by atoms with Gasteiger partial charge in [-0.3, -0.25) is 4.79 Å². The standard InChI is InChI=1S/C18H20N2O5/c1-9(2)24-14-7-6-12(18(22)23)8-13(14)20-16(21)15-10(3)19-17(25-15)11-4-5-11/h6-9,11H,4-5H2,1-3H3,(H,20,21)(H,22,23). The molecule has 3 rings (SSSR count). The molecule has 1 saturated carbocycles. The minimum atomic E-state index is -1.08. The Morgan fingerprint density at radius 1 is 1.36 bits per heavy atom. The maximum Gasteiger partial charge on any atom is 0.335 e. The second-order valence-electron chi connectivity index (χ2n) is 6.38. The Labute approximate surface area is 145 Å². The van der Waals surface area contributed by atoms with E-state index in [0.717, 1.165) is 12.8 Å². The molecule has 2 N–H and O–H groups in total. The first kappa shape index (κ1) is 17.0. The molecule has 0 atom stereocenters. The predicted octanol–water partition coefficient (Wildman–Crippen LogP) is 3.60. The second kappa shape index (κ2) is 6.58. The number of nitrogens with one attached hydrogen (secondary N) is 1. The summed E-state index contributed by atoms with van der Waals surface area (Å²) in [5, 5.41) is 11.8. The number of carboxylic acid groups (broad SMARTS) is 1. The molecule has 1 aliphatic rings. The third-order valence-corrected chi connectivity index (χ3v) is 3.78. The van der Waals surface area contributed by atoms with Crippen LogP contribution < -0.4 is 10.1 Å². The summed E-state index contributed by atoms with van der Waals surface area (Å²) in [4.78, 5) is 28.1. The molecule has 0 spiro atoms. The van der Waals surface area contributed by atoms with Crippen LogP contribution in [0.5, 0.6) is 5.75 Å². The van der Waals surface area contributed by atoms with Gasteiger partial charge in [-0.1, -0.05) is 0 Å². The fraction of sp³-hybridized carbons (Fsp3) is 0.389. The Hall–Kier alpha value is -2.83. The van der Waals surface area contributed by atoms with Crippen molar-refractivity contribution in [2.24, 2.45) is 0 Å². The summed E-state index contributed by atoms with van der Waals surface area (Å²) >= 11 is 0. The SMILES string of the molecule is Cc1nc(C2CC2)oc1C(=O)Nc1cc(C(=O)O)ccc1OC(C)C. The number of amides is 1. The zero-order valence-corrected chi connectivity index (χ0v) is 14.3. The van der Waals surface area contributed by atoms with Crippen molar-refractivity contribution in [1.29, 1.82) is 0 Å². The van der Waals surface area contributed by atoms with Crippen LogP contribution in [0.1, 0.15) is 65.1 Å². The van der Waals surface area contributed by atoms with Crippen molar-refractivity contribution in [3.05, 3.63) is 41.1 Å². The molecule has 1 aromatic carbocycles. The fourth-order valence-electron chi connectivity index (χ4n) is 2.43. The molecule has 7 nitrogen and oxygen atoms in total. The average Bonchev–Trinajstić information content (AvgIpc) is 3.31. The van der Waals surface area contributed by atoms with E-state index >= 15 is 0 Å². The van der Waals surface area contributed by atoms with Crippen LogP contribution in [0.4, 0.5) is 5.69 Å². The van der Waals surface area contributed by atoms with E-state index < -0.39 is 11.9 Å². The van der Waals surface area contributed by atoms with E-state index in [4.69, 9.17) is 14.3 Å². The first-order valence-electron chi connectivity index (χ1n) is 8.18. The van der Waals surface area contributed by atoms with E-state index in [1.54, 1.807) is 6.92 Å². The van der Waals surface area contributed by atoms with Gasteiger partial charge in [0.15, 0.2) is 5.89 Å². The maximum absolute atomic E-state index is 12.6. The largest absolute Gasteiger partial charge is 0.489 e. The molecule has 1 amide bonds. The van der Waals surface area contributed by atoms with Gasteiger partial charge in [-0.05, 0) is 51.8 Å². The fourth-order valence-corrected chi connectivity index (χ4v) is 2.43. The molecule has 1 aliphatic carbocycles. The van der Waals surface area contributed by atoms with Crippen molar-refractivity contribution in [2.45, 2.75) is 45.6 Å². The number of hydrogen-bond acceptors (Lipinski definition) is 5. The number of carbonyl (C=O) groups is 2. The van der Waals surface area contributed by atoms with Crippen molar-refractivity contribution >= 4 is 17.6 Å². The van der Waals surface area contributed by atoms with Crippen molar-refractivity contribution in [3.8, 4) is 5.75 Å². The van der Waals surface area contributed by atoms with E-state index in [9.17, 15) is 9.59 Å². The molecule has 1 aromatic heterocycles. The van der Waals surface area contributed by atoms with Gasteiger partial charge in [-0.2, -0.15) is 0 Å². The predicted molar refractivity (Wildman–Crippen MR) is 90.3 cm³/mol. The molecule has 0 unspecified atom stereocenters. The topological polar surface area (TPSA) is 102 Å². The van der Waals surface area contributed by atoms with E-state index in [1.165, 1.54) is 18.2 Å². The van der Waals surface area contributed by atoms with Gasteiger partial charge in [-0.25, -0.2) is 9.78 Å². The van der Waals surface area contributed by atoms with Crippen LogP contribution in [-0.4, -0.2) is 28.1 Å². The number of ether oxygens (including phenoxy) is 1. The molecule has 1 fully saturated rings. The third-order valence-electron chi connectivity index (χ3n) is 3.78. The highest BCUT2D eigenvalue weighted by Gasteiger charge is 2.31. The van der Waals surface area contributed by atoms with Gasteiger partial charge >= 0.3 is 5.97 Å². The first-order valence-corrected chi connectivity index (χ1v) is 8.18. The molecule has 7 heteroatoms. The Morgan fingerprint density at radius 3 is 2.68 bits per heavy atom. The number of carbonyl (C=O) groups excluding carboxylic acids is 1. The van der Waals surface area contributed by atoms with Gasteiger partial charge < -0.3 is 19.6 Å². The summed E-state index contributed by atoms with van der Waals surface area (Å²) in [5.41, 5.74) is 0.849. The Kier molecular flexibility index (Phi) is 4.48. The zero-order valence-electron chi connectivity index (χ0n) is 14.3. The summed E-state index contributed by atoms with van der Waals surface area (Å²) in [6.45, 7) is 5.40. The van der Waals surface area contributed by atoms with Gasteiger partial charge in [-0.15, -0.1) is 0 Å². The summed E-state index contributed by atoms with van der Waals surface area (Å²) in [5.74, 6) is -0.145. The number of hydrogen-bond donors (Lipinski definition) is 2. The molecule has 132 valence electrons. The van der Waals surface area contributed by atoms with Gasteiger partial charge in [0, 0.05) is 5.92 Å². The van der Waals surface area contributed by atoms with Crippen LogP contribution in [0.2, 0.25) is 0 Å². The van der Waals surface area contributed by atoms with Crippen molar-refractivity contribution in [1.82, 2.24) is 4.98 Å². The highest BCUT2D eigenvalue weighted by atomic mass is 16.5. The molecule has 0 bridgehead atoms. The summed E-state index contributed by atoms with van der Waals surface area (Å²) < 4.78 is 11.2. The second-order valence-corrected chi connectivity index (χ2v) is 6.38. The number of anilines is 1. The van der Waals surface area contributed by atoms with Crippen molar-refractivity contribution in [3.63, 3.8) is 0 Å².